The van der Waals surface area contributed by atoms with Crippen LogP contribution in [-0.2, 0) is 26.7 Å². The van der Waals surface area contributed by atoms with Crippen LogP contribution < -0.4 is 0 Å². The van der Waals surface area contributed by atoms with Gasteiger partial charge < -0.3 is 13.6 Å². The summed E-state index contributed by atoms with van der Waals surface area (Å²) in [5.74, 6) is 1.86. The van der Waals surface area contributed by atoms with E-state index in [1.54, 1.807) is 12.7 Å². The quantitative estimate of drug-likeness (QED) is 0.652. The Labute approximate surface area is 138 Å². The summed E-state index contributed by atoms with van der Waals surface area (Å²) in [6.07, 6.45) is 3.43. The van der Waals surface area contributed by atoms with Crippen LogP contribution in [0, 0.1) is 0 Å². The zero-order chi connectivity index (χ0) is 16.2. The van der Waals surface area contributed by atoms with Gasteiger partial charge in [-0.05, 0) is 37.9 Å². The van der Waals surface area contributed by atoms with Gasteiger partial charge in [0.1, 0.15) is 24.2 Å². The molecule has 8 nitrogen and oxygen atoms in total. The Morgan fingerprint density at radius 3 is 2.74 bits per heavy atom. The molecule has 0 saturated heterocycles. The molecule has 0 bridgehead atoms. The van der Waals surface area contributed by atoms with Gasteiger partial charge in [0.05, 0.1) is 13.1 Å². The highest BCUT2D eigenvalue weighted by Crippen LogP contribution is 2.27. The van der Waals surface area contributed by atoms with Crippen LogP contribution in [0.25, 0.3) is 0 Å². The normalized spacial score (nSPS) is 11.5. The van der Waals surface area contributed by atoms with Crippen molar-refractivity contribution >= 4 is 11.8 Å². The van der Waals surface area contributed by atoms with E-state index in [9.17, 15) is 0 Å². The molecule has 3 rings (SSSR count). The predicted molar refractivity (Wildman–Crippen MR) is 84.7 cm³/mol. The minimum Gasteiger partial charge on any atom is -0.453 e. The zero-order valence-electron chi connectivity index (χ0n) is 13.4. The average Bonchev–Trinajstić information content (AvgIpc) is 3.23. The van der Waals surface area contributed by atoms with Gasteiger partial charge in [0.25, 0.3) is 0 Å². The molecule has 0 fully saturated rings. The summed E-state index contributed by atoms with van der Waals surface area (Å²) < 4.78 is 9.75. The number of hydrogen-bond donors (Lipinski definition) is 0. The molecule has 0 aliphatic carbocycles. The fourth-order valence-corrected chi connectivity index (χ4v) is 2.93. The minimum atomic E-state index is 0.704. The lowest BCUT2D eigenvalue weighted by Gasteiger charge is -2.14. The molecule has 0 aliphatic rings. The van der Waals surface area contributed by atoms with Crippen LogP contribution >= 0.6 is 11.8 Å². The maximum Gasteiger partial charge on any atom is 0.198 e. The summed E-state index contributed by atoms with van der Waals surface area (Å²) in [6, 6.07) is 3.94. The Morgan fingerprint density at radius 2 is 2.00 bits per heavy atom. The van der Waals surface area contributed by atoms with E-state index in [4.69, 9.17) is 4.42 Å². The van der Waals surface area contributed by atoms with Gasteiger partial charge in [0.15, 0.2) is 10.2 Å². The molecule has 0 N–H and O–H groups in total. The van der Waals surface area contributed by atoms with Crippen molar-refractivity contribution in [2.75, 3.05) is 7.05 Å². The number of nitrogens with zero attached hydrogens (tertiary/aromatic N) is 7. The third-order valence-corrected chi connectivity index (χ3v) is 4.35. The molecule has 3 aromatic heterocycles. The summed E-state index contributed by atoms with van der Waals surface area (Å²) in [5.41, 5.74) is 0. The van der Waals surface area contributed by atoms with Gasteiger partial charge >= 0.3 is 0 Å². The first-order valence-electron chi connectivity index (χ1n) is 7.31. The lowest BCUT2D eigenvalue weighted by Crippen LogP contribution is -2.19. The van der Waals surface area contributed by atoms with Crippen LogP contribution in [0.15, 0.2) is 39.5 Å². The first-order valence-corrected chi connectivity index (χ1v) is 8.13. The van der Waals surface area contributed by atoms with Gasteiger partial charge in [-0.2, -0.15) is 0 Å². The highest BCUT2D eigenvalue weighted by atomic mass is 32.2. The van der Waals surface area contributed by atoms with Crippen LogP contribution in [0.1, 0.15) is 18.5 Å². The molecule has 122 valence electrons. The second kappa shape index (κ2) is 6.97. The summed E-state index contributed by atoms with van der Waals surface area (Å²) in [7, 11) is 3.94. The van der Waals surface area contributed by atoms with Gasteiger partial charge in [0, 0.05) is 13.6 Å². The van der Waals surface area contributed by atoms with Gasteiger partial charge in [-0.25, -0.2) is 0 Å². The highest BCUT2D eigenvalue weighted by molar-refractivity contribution is 7.99. The van der Waals surface area contributed by atoms with E-state index >= 15 is 0 Å². The Balaban J connectivity index is 1.59. The van der Waals surface area contributed by atoms with Crippen molar-refractivity contribution in [1.29, 1.82) is 0 Å². The van der Waals surface area contributed by atoms with E-state index < -0.39 is 0 Å². The number of furan rings is 1. The van der Waals surface area contributed by atoms with Crippen molar-refractivity contribution in [3.8, 4) is 0 Å². The third kappa shape index (κ3) is 3.80. The van der Waals surface area contributed by atoms with E-state index in [0.29, 0.717) is 6.54 Å². The average molecular weight is 333 g/mol. The van der Waals surface area contributed by atoms with E-state index in [-0.39, 0.29) is 0 Å². The maximum atomic E-state index is 5.86. The smallest absolute Gasteiger partial charge is 0.198 e. The molecule has 0 saturated carbocycles. The molecule has 0 radical (unpaired) electrons. The van der Waals surface area contributed by atoms with Crippen LogP contribution in [-0.4, -0.2) is 41.5 Å². The van der Waals surface area contributed by atoms with Crippen molar-refractivity contribution in [2.45, 2.75) is 36.8 Å². The number of rotatable bonds is 7. The van der Waals surface area contributed by atoms with Gasteiger partial charge in [-0.3, -0.25) is 4.90 Å². The topological polar surface area (TPSA) is 77.8 Å². The van der Waals surface area contributed by atoms with Crippen molar-refractivity contribution in [3.63, 3.8) is 0 Å². The van der Waals surface area contributed by atoms with E-state index in [1.807, 2.05) is 35.4 Å². The maximum absolute atomic E-state index is 5.86. The number of aryl methyl sites for hydroxylation is 2. The molecule has 0 aliphatic heterocycles. The first kappa shape index (κ1) is 15.8. The lowest BCUT2D eigenvalue weighted by atomic mass is 10.4. The standard InChI is InChI=1S/C14H19N7OS/c1-4-21-10-16-17-12(21)8-19(2)7-11-5-6-13(22-11)23-14-18-15-9-20(14)3/h5-6,9-10H,4,7-8H2,1-3H3. The minimum absolute atomic E-state index is 0.704. The lowest BCUT2D eigenvalue weighted by molar-refractivity contribution is 0.267. The highest BCUT2D eigenvalue weighted by Gasteiger charge is 2.12. The van der Waals surface area contributed by atoms with Crippen molar-refractivity contribution in [1.82, 2.24) is 34.4 Å². The first-order chi connectivity index (χ1) is 11.2. The van der Waals surface area contributed by atoms with Crippen molar-refractivity contribution in [2.24, 2.45) is 7.05 Å². The summed E-state index contributed by atoms with van der Waals surface area (Å²) in [6.45, 7) is 4.38. The molecule has 0 spiro atoms. The van der Waals surface area contributed by atoms with Gasteiger partial charge in [-0.1, -0.05) is 0 Å². The molecule has 0 unspecified atom stereocenters. The van der Waals surface area contributed by atoms with E-state index in [2.05, 4.69) is 32.2 Å². The van der Waals surface area contributed by atoms with E-state index in [1.165, 1.54) is 11.8 Å². The molecule has 3 aromatic rings. The Morgan fingerprint density at radius 1 is 1.17 bits per heavy atom. The number of hydrogen-bond acceptors (Lipinski definition) is 7. The second-order valence-corrected chi connectivity index (χ2v) is 6.22. The molecule has 9 heteroatoms. The molecular formula is C14H19N7OS. The number of aromatic nitrogens is 6. The Kier molecular flexibility index (Phi) is 4.77. The fourth-order valence-electron chi connectivity index (χ4n) is 2.18. The summed E-state index contributed by atoms with van der Waals surface area (Å²) >= 11 is 1.46. The van der Waals surface area contributed by atoms with Crippen molar-refractivity contribution < 1.29 is 4.42 Å². The largest absolute Gasteiger partial charge is 0.453 e. The molecular weight excluding hydrogens is 314 g/mol. The van der Waals surface area contributed by atoms with Gasteiger partial charge in [-0.15, -0.1) is 20.4 Å². The second-order valence-electron chi connectivity index (χ2n) is 5.25. The molecule has 0 amide bonds. The Bertz CT molecular complexity index is 763. The van der Waals surface area contributed by atoms with Crippen LogP contribution in [0.4, 0.5) is 0 Å². The monoisotopic (exact) mass is 333 g/mol. The molecule has 0 aromatic carbocycles. The van der Waals surface area contributed by atoms with E-state index in [0.717, 1.165) is 34.9 Å². The molecule has 0 atom stereocenters. The summed E-state index contributed by atoms with van der Waals surface area (Å²) in [4.78, 5) is 2.14. The fraction of sp³-hybridized carbons (Fsp3) is 0.429. The third-order valence-electron chi connectivity index (χ3n) is 3.37. The SMILES string of the molecule is CCn1cnnc1CN(C)Cc1ccc(Sc2nncn2C)o1. The Hall–Kier alpha value is -2.13. The molecule has 3 heterocycles. The van der Waals surface area contributed by atoms with Crippen LogP contribution in [0.5, 0.6) is 0 Å². The van der Waals surface area contributed by atoms with Crippen molar-refractivity contribution in [3.05, 3.63) is 36.4 Å². The van der Waals surface area contributed by atoms with Crippen LogP contribution in [0.2, 0.25) is 0 Å². The predicted octanol–water partition coefficient (Wildman–Crippen LogP) is 1.80. The zero-order valence-corrected chi connectivity index (χ0v) is 14.2. The van der Waals surface area contributed by atoms with Gasteiger partial charge in [0.2, 0.25) is 0 Å². The molecule has 23 heavy (non-hydrogen) atoms. The summed E-state index contributed by atoms with van der Waals surface area (Å²) in [5, 5.41) is 17.6. The van der Waals surface area contributed by atoms with Crippen LogP contribution in [0.3, 0.4) is 0 Å².